The number of aromatic nitrogens is 2. The Balaban J connectivity index is 1.64. The molecule has 0 aliphatic carbocycles. The average Bonchev–Trinajstić information content (AvgIpc) is 2.85. The quantitative estimate of drug-likeness (QED) is 0.451. The number of nitrogens with two attached hydrogens (primary N) is 1. The standard InChI is InChI=1S/C28H30F3N3O4/c1-28(2,3)27-26(36)20(32)12-23(38-27)16-7-8-33-13-14(16)9-22(35)21-6-5-17(29)25(34-21)24-18(30)10-15(37-4)11-19(24)31/h5-8,10-11,13,20,23,26-27,36H,9,12,32H2,1-4H3/t20-,23-,26+,27+/m1/s1. The van der Waals surface area contributed by atoms with E-state index in [-0.39, 0.29) is 23.3 Å². The average molecular weight is 530 g/mol. The number of aliphatic hydroxyl groups excluding tert-OH is 1. The van der Waals surface area contributed by atoms with E-state index in [1.54, 1.807) is 12.3 Å². The monoisotopic (exact) mass is 529 g/mol. The fourth-order valence-electron chi connectivity index (χ4n) is 4.67. The number of ketones is 1. The van der Waals surface area contributed by atoms with Crippen LogP contribution >= 0.6 is 0 Å². The Morgan fingerprint density at radius 2 is 1.84 bits per heavy atom. The molecule has 1 fully saturated rings. The van der Waals surface area contributed by atoms with Gasteiger partial charge >= 0.3 is 0 Å². The fourth-order valence-corrected chi connectivity index (χ4v) is 4.67. The number of hydrogen-bond acceptors (Lipinski definition) is 7. The van der Waals surface area contributed by atoms with E-state index in [1.807, 2.05) is 20.8 Å². The van der Waals surface area contributed by atoms with Crippen molar-refractivity contribution in [3.8, 4) is 17.0 Å². The molecule has 3 N–H and O–H groups in total. The molecule has 7 nitrogen and oxygen atoms in total. The van der Waals surface area contributed by atoms with E-state index in [0.717, 1.165) is 24.3 Å². The molecule has 202 valence electrons. The lowest BCUT2D eigenvalue weighted by atomic mass is 9.79. The molecule has 3 heterocycles. The van der Waals surface area contributed by atoms with Gasteiger partial charge < -0.3 is 20.3 Å². The van der Waals surface area contributed by atoms with Crippen LogP contribution in [0.4, 0.5) is 13.2 Å². The highest BCUT2D eigenvalue weighted by Gasteiger charge is 2.42. The summed E-state index contributed by atoms with van der Waals surface area (Å²) in [5, 5.41) is 10.6. The lowest BCUT2D eigenvalue weighted by Gasteiger charge is -2.44. The molecule has 1 aliphatic heterocycles. The van der Waals surface area contributed by atoms with Gasteiger partial charge in [-0.1, -0.05) is 20.8 Å². The number of carbonyl (C=O) groups is 1. The number of carbonyl (C=O) groups excluding carboxylic acids is 1. The summed E-state index contributed by atoms with van der Waals surface area (Å²) in [7, 11) is 1.25. The normalized spacial score (nSPS) is 21.8. The first kappa shape index (κ1) is 27.7. The van der Waals surface area contributed by atoms with E-state index >= 15 is 0 Å². The van der Waals surface area contributed by atoms with Crippen LogP contribution in [0, 0.1) is 22.9 Å². The van der Waals surface area contributed by atoms with Crippen LogP contribution in [-0.4, -0.2) is 46.2 Å². The van der Waals surface area contributed by atoms with E-state index in [0.29, 0.717) is 17.5 Å². The third kappa shape index (κ3) is 5.57. The van der Waals surface area contributed by atoms with Gasteiger partial charge in [0.1, 0.15) is 34.6 Å². The summed E-state index contributed by atoms with van der Waals surface area (Å²) >= 11 is 0. The molecule has 0 bridgehead atoms. The molecule has 2 aromatic heterocycles. The molecule has 1 aliphatic rings. The number of ether oxygens (including phenoxy) is 2. The molecule has 1 saturated heterocycles. The zero-order valence-electron chi connectivity index (χ0n) is 21.5. The van der Waals surface area contributed by atoms with Crippen LogP contribution < -0.4 is 10.5 Å². The van der Waals surface area contributed by atoms with Crippen molar-refractivity contribution in [1.29, 1.82) is 0 Å². The number of rotatable bonds is 6. The number of pyridine rings is 2. The first-order chi connectivity index (χ1) is 17.9. The summed E-state index contributed by atoms with van der Waals surface area (Å²) in [6, 6.07) is 5.12. The van der Waals surface area contributed by atoms with Gasteiger partial charge in [-0.05, 0) is 41.2 Å². The van der Waals surface area contributed by atoms with Gasteiger partial charge in [0.25, 0.3) is 0 Å². The topological polar surface area (TPSA) is 108 Å². The van der Waals surface area contributed by atoms with Crippen molar-refractivity contribution in [2.45, 2.75) is 58.0 Å². The largest absolute Gasteiger partial charge is 0.497 e. The number of Topliss-reactive ketones (excluding diaryl/α,β-unsaturated/α-hetero) is 1. The van der Waals surface area contributed by atoms with Crippen molar-refractivity contribution in [3.63, 3.8) is 0 Å². The van der Waals surface area contributed by atoms with Crippen LogP contribution in [0.15, 0.2) is 42.7 Å². The van der Waals surface area contributed by atoms with Gasteiger partial charge in [0.15, 0.2) is 5.78 Å². The second kappa shape index (κ2) is 10.8. The molecule has 38 heavy (non-hydrogen) atoms. The number of halogens is 3. The van der Waals surface area contributed by atoms with E-state index in [9.17, 15) is 23.1 Å². The molecule has 0 amide bonds. The first-order valence-electron chi connectivity index (χ1n) is 12.2. The van der Waals surface area contributed by atoms with Gasteiger partial charge in [0.05, 0.1) is 31.0 Å². The van der Waals surface area contributed by atoms with Crippen LogP contribution in [0.2, 0.25) is 0 Å². The minimum absolute atomic E-state index is 0.0774. The molecule has 0 saturated carbocycles. The first-order valence-corrected chi connectivity index (χ1v) is 12.2. The molecule has 0 spiro atoms. The Morgan fingerprint density at radius 1 is 1.16 bits per heavy atom. The van der Waals surface area contributed by atoms with Gasteiger partial charge in [0.2, 0.25) is 0 Å². The molecule has 4 rings (SSSR count). The van der Waals surface area contributed by atoms with Crippen molar-refractivity contribution < 1.29 is 32.5 Å². The Bertz CT molecular complexity index is 1320. The number of methoxy groups -OCH3 is 1. The van der Waals surface area contributed by atoms with Gasteiger partial charge in [0, 0.05) is 37.0 Å². The fraction of sp³-hybridized carbons (Fsp3) is 0.393. The highest BCUT2D eigenvalue weighted by molar-refractivity contribution is 5.96. The molecule has 3 aromatic rings. The Labute approximate surface area is 218 Å². The highest BCUT2D eigenvalue weighted by Crippen LogP contribution is 2.39. The Morgan fingerprint density at radius 3 is 2.47 bits per heavy atom. The minimum Gasteiger partial charge on any atom is -0.497 e. The minimum atomic E-state index is -1.08. The van der Waals surface area contributed by atoms with Crippen LogP contribution in [0.3, 0.4) is 0 Å². The lowest BCUT2D eigenvalue weighted by molar-refractivity contribution is -0.167. The van der Waals surface area contributed by atoms with Crippen molar-refractivity contribution in [3.05, 3.63) is 77.0 Å². The van der Waals surface area contributed by atoms with E-state index in [4.69, 9.17) is 15.2 Å². The number of nitrogens with zero attached hydrogens (tertiary/aromatic N) is 2. The molecule has 0 radical (unpaired) electrons. The summed E-state index contributed by atoms with van der Waals surface area (Å²) in [6.07, 6.45) is 1.36. The maximum Gasteiger partial charge on any atom is 0.185 e. The van der Waals surface area contributed by atoms with Crippen LogP contribution in [0.1, 0.15) is 54.9 Å². The maximum absolute atomic E-state index is 14.6. The van der Waals surface area contributed by atoms with Crippen LogP contribution in [0.5, 0.6) is 5.75 Å². The zero-order valence-corrected chi connectivity index (χ0v) is 21.5. The summed E-state index contributed by atoms with van der Waals surface area (Å²) in [6.45, 7) is 5.83. The van der Waals surface area contributed by atoms with Gasteiger partial charge in [-0.25, -0.2) is 18.2 Å². The third-order valence-electron chi connectivity index (χ3n) is 6.66. The summed E-state index contributed by atoms with van der Waals surface area (Å²) < 4.78 is 54.9. The summed E-state index contributed by atoms with van der Waals surface area (Å²) in [5.74, 6) is -3.72. The molecular weight excluding hydrogens is 499 g/mol. The second-order valence-corrected chi connectivity index (χ2v) is 10.5. The van der Waals surface area contributed by atoms with Crippen LogP contribution in [-0.2, 0) is 11.2 Å². The predicted molar refractivity (Wildman–Crippen MR) is 134 cm³/mol. The van der Waals surface area contributed by atoms with E-state index in [2.05, 4.69) is 9.97 Å². The van der Waals surface area contributed by atoms with E-state index < -0.39 is 58.8 Å². The van der Waals surface area contributed by atoms with Crippen molar-refractivity contribution in [2.75, 3.05) is 7.11 Å². The van der Waals surface area contributed by atoms with Gasteiger partial charge in [-0.15, -0.1) is 0 Å². The number of aliphatic hydroxyl groups is 1. The predicted octanol–water partition coefficient (Wildman–Crippen LogP) is 4.56. The maximum atomic E-state index is 14.6. The molecule has 0 unspecified atom stereocenters. The van der Waals surface area contributed by atoms with Crippen molar-refractivity contribution in [2.24, 2.45) is 11.1 Å². The number of hydrogen-bond donors (Lipinski definition) is 2. The van der Waals surface area contributed by atoms with Gasteiger partial charge in [-0.2, -0.15) is 0 Å². The lowest BCUT2D eigenvalue weighted by Crippen LogP contribution is -2.54. The summed E-state index contributed by atoms with van der Waals surface area (Å²) in [5.41, 5.74) is 5.57. The Kier molecular flexibility index (Phi) is 7.87. The van der Waals surface area contributed by atoms with E-state index in [1.165, 1.54) is 13.3 Å². The van der Waals surface area contributed by atoms with Crippen molar-refractivity contribution in [1.82, 2.24) is 9.97 Å². The van der Waals surface area contributed by atoms with Crippen molar-refractivity contribution >= 4 is 5.78 Å². The van der Waals surface area contributed by atoms with Gasteiger partial charge in [-0.3, -0.25) is 9.78 Å². The number of benzene rings is 1. The molecular formula is C28H30F3N3O4. The smallest absolute Gasteiger partial charge is 0.185 e. The Hall–Kier alpha value is -3.34. The molecule has 4 atom stereocenters. The zero-order chi connectivity index (χ0) is 27.8. The molecule has 1 aromatic carbocycles. The second-order valence-electron chi connectivity index (χ2n) is 10.5. The highest BCUT2D eigenvalue weighted by atomic mass is 19.1. The summed E-state index contributed by atoms with van der Waals surface area (Å²) in [4.78, 5) is 21.3. The van der Waals surface area contributed by atoms with Crippen LogP contribution in [0.25, 0.3) is 11.3 Å². The molecule has 10 heteroatoms. The SMILES string of the molecule is COc1cc(F)c(-c2nc(C(=O)Cc3cnccc3[C@H]3C[C@@H](N)[C@H](O)[C@@H](C(C)(C)C)O3)ccc2F)c(F)c1. The third-order valence-corrected chi connectivity index (χ3v) is 6.66.